The molecule has 0 radical (unpaired) electrons. The molecule has 0 unspecified atom stereocenters. The summed E-state index contributed by atoms with van der Waals surface area (Å²) in [5.74, 6) is -3.83. The molecule has 0 aromatic carbocycles. The van der Waals surface area contributed by atoms with Crippen molar-refractivity contribution in [1.29, 1.82) is 0 Å². The number of ether oxygens (including phenoxy) is 1. The van der Waals surface area contributed by atoms with Gasteiger partial charge in [-0.2, -0.15) is 0 Å². The average Bonchev–Trinajstić information content (AvgIpc) is 2.25. The molecule has 0 saturated heterocycles. The molecule has 0 aliphatic rings. The van der Waals surface area contributed by atoms with Crippen molar-refractivity contribution >= 4 is 15.9 Å². The van der Waals surface area contributed by atoms with E-state index in [1.54, 1.807) is 0 Å². The number of halogens is 1. The van der Waals surface area contributed by atoms with E-state index in [2.05, 4.69) is 25.7 Å². The van der Waals surface area contributed by atoms with Crippen LogP contribution in [0.2, 0.25) is 0 Å². The first-order chi connectivity index (χ1) is 9.59. The fourth-order valence-corrected chi connectivity index (χ4v) is 1.02. The SMILES string of the molecule is [2H]C([2H])([2H])Oc1ncc(Br)cc1C([2H])(C([2H])([2H])[2H])C([2H])([2H])[2H]. The third-order valence-corrected chi connectivity index (χ3v) is 1.62. The molecule has 0 aliphatic heterocycles. The number of methoxy groups -OCH3 is 1. The molecular formula is C9H12BrNO. The van der Waals surface area contributed by atoms with Crippen LogP contribution in [0.5, 0.6) is 5.88 Å². The largest absolute Gasteiger partial charge is 0.481 e. The second-order valence-corrected chi connectivity index (χ2v) is 2.90. The Morgan fingerprint density at radius 1 is 1.75 bits per heavy atom. The van der Waals surface area contributed by atoms with Gasteiger partial charge in [-0.25, -0.2) is 4.98 Å². The van der Waals surface area contributed by atoms with Crippen LogP contribution in [0.15, 0.2) is 16.7 Å². The molecule has 12 heavy (non-hydrogen) atoms. The van der Waals surface area contributed by atoms with Gasteiger partial charge in [-0.05, 0) is 27.9 Å². The van der Waals surface area contributed by atoms with E-state index in [-0.39, 0.29) is 4.47 Å². The Hall–Kier alpha value is -0.570. The highest BCUT2D eigenvalue weighted by Gasteiger charge is 2.08. The molecule has 2 nitrogen and oxygen atoms in total. The van der Waals surface area contributed by atoms with E-state index < -0.39 is 38.1 Å². The summed E-state index contributed by atoms with van der Waals surface area (Å²) in [6.45, 7) is -6.54. The minimum atomic E-state index is -3.27. The zero-order chi connectivity index (χ0) is 17.6. The van der Waals surface area contributed by atoms with Crippen LogP contribution >= 0.6 is 15.9 Å². The van der Waals surface area contributed by atoms with Crippen molar-refractivity contribution in [2.75, 3.05) is 7.04 Å². The van der Waals surface area contributed by atoms with Gasteiger partial charge in [-0.15, -0.1) is 0 Å². The molecule has 1 aromatic rings. The van der Waals surface area contributed by atoms with Gasteiger partial charge in [0.2, 0.25) is 5.88 Å². The van der Waals surface area contributed by atoms with E-state index in [1.807, 2.05) is 0 Å². The molecule has 0 amide bonds. The van der Waals surface area contributed by atoms with Crippen molar-refractivity contribution in [3.63, 3.8) is 0 Å². The van der Waals surface area contributed by atoms with E-state index in [1.165, 1.54) is 0 Å². The van der Waals surface area contributed by atoms with Crippen LogP contribution in [0.25, 0.3) is 0 Å². The van der Waals surface area contributed by atoms with Crippen molar-refractivity contribution in [2.45, 2.75) is 19.6 Å². The van der Waals surface area contributed by atoms with Gasteiger partial charge in [0, 0.05) is 25.8 Å². The van der Waals surface area contributed by atoms with Gasteiger partial charge >= 0.3 is 0 Å². The summed E-state index contributed by atoms with van der Waals surface area (Å²) in [5, 5.41) is 0. The van der Waals surface area contributed by atoms with Crippen LogP contribution in [0.4, 0.5) is 0 Å². The lowest BCUT2D eigenvalue weighted by Crippen LogP contribution is -1.96. The van der Waals surface area contributed by atoms with Crippen LogP contribution in [-0.2, 0) is 0 Å². The maximum Gasteiger partial charge on any atom is 0.216 e. The van der Waals surface area contributed by atoms with Crippen LogP contribution < -0.4 is 4.74 Å². The lowest BCUT2D eigenvalue weighted by Gasteiger charge is -2.09. The van der Waals surface area contributed by atoms with Crippen LogP contribution in [-0.4, -0.2) is 12.0 Å². The molecule has 3 heteroatoms. The molecule has 0 bridgehead atoms. The molecule has 0 aliphatic carbocycles. The molecule has 1 aromatic heterocycles. The normalized spacial score (nSPS) is 26.8. The van der Waals surface area contributed by atoms with Crippen LogP contribution in [0, 0.1) is 0 Å². The van der Waals surface area contributed by atoms with E-state index in [0.29, 0.717) is 0 Å². The first-order valence-corrected chi connectivity index (χ1v) is 3.74. The molecular weight excluding hydrogens is 218 g/mol. The van der Waals surface area contributed by atoms with Gasteiger partial charge in [-0.3, -0.25) is 0 Å². The Balaban J connectivity index is 3.66. The average molecular weight is 240 g/mol. The van der Waals surface area contributed by atoms with Crippen molar-refractivity contribution in [3.8, 4) is 5.88 Å². The van der Waals surface area contributed by atoms with Crippen LogP contribution in [0.3, 0.4) is 0 Å². The monoisotopic (exact) mass is 239 g/mol. The van der Waals surface area contributed by atoms with Crippen molar-refractivity contribution in [1.82, 2.24) is 4.98 Å². The van der Waals surface area contributed by atoms with Crippen LogP contribution in [0.1, 0.15) is 38.9 Å². The highest BCUT2D eigenvalue weighted by molar-refractivity contribution is 9.10. The van der Waals surface area contributed by atoms with E-state index >= 15 is 0 Å². The zero-order valence-corrected chi connectivity index (χ0v) is 7.47. The summed E-state index contributed by atoms with van der Waals surface area (Å²) in [7, 11) is -2.97. The Morgan fingerprint density at radius 2 is 2.58 bits per heavy atom. The standard InChI is InChI=1S/C9H12BrNO/c1-6(2)8-4-7(10)5-11-9(8)12-3/h4-6H,1-3H3/i1D3,2D3,3D3,6D. The fraction of sp³-hybridized carbons (Fsp3) is 0.444. The summed E-state index contributed by atoms with van der Waals surface area (Å²) >= 11 is 2.99. The predicted molar refractivity (Wildman–Crippen MR) is 52.6 cm³/mol. The number of aromatic nitrogens is 1. The second-order valence-electron chi connectivity index (χ2n) is 1.98. The number of nitrogens with zero attached hydrogens (tertiary/aromatic N) is 1. The molecule has 0 fully saturated rings. The third-order valence-electron chi connectivity index (χ3n) is 1.18. The summed E-state index contributed by atoms with van der Waals surface area (Å²) in [5.41, 5.74) is -0.655. The Bertz CT molecular complexity index is 535. The summed E-state index contributed by atoms with van der Waals surface area (Å²) in [4.78, 5) is 3.61. The van der Waals surface area contributed by atoms with Gasteiger partial charge in [-0.1, -0.05) is 13.7 Å². The zero-order valence-electron chi connectivity index (χ0n) is 15.9. The van der Waals surface area contributed by atoms with Gasteiger partial charge in [0.15, 0.2) is 0 Å². The number of hydrogen-bond acceptors (Lipinski definition) is 2. The molecule has 0 atom stereocenters. The molecule has 0 N–H and O–H groups in total. The highest BCUT2D eigenvalue weighted by atomic mass is 79.9. The van der Waals surface area contributed by atoms with E-state index in [0.717, 1.165) is 12.3 Å². The Kier molecular flexibility index (Phi) is 0.879. The highest BCUT2D eigenvalue weighted by Crippen LogP contribution is 2.26. The Labute approximate surface area is 95.1 Å². The first-order valence-electron chi connectivity index (χ1n) is 7.95. The fourth-order valence-electron chi connectivity index (χ4n) is 0.687. The van der Waals surface area contributed by atoms with E-state index in [9.17, 15) is 0 Å². The molecule has 0 saturated carbocycles. The molecule has 66 valence electrons. The maximum absolute atomic E-state index is 8.06. The summed E-state index contributed by atoms with van der Waals surface area (Å²) in [6.07, 6.45) is 1.12. The van der Waals surface area contributed by atoms with Crippen molar-refractivity contribution in [2.24, 2.45) is 0 Å². The number of pyridine rings is 1. The lowest BCUT2D eigenvalue weighted by molar-refractivity contribution is 0.390. The van der Waals surface area contributed by atoms with Gasteiger partial charge in [0.05, 0.1) is 11.2 Å². The molecule has 1 rings (SSSR count). The molecule has 1 heterocycles. The van der Waals surface area contributed by atoms with Gasteiger partial charge in [0.1, 0.15) is 0 Å². The number of hydrogen-bond donors (Lipinski definition) is 0. The first kappa shape index (κ1) is 2.71. The lowest BCUT2D eigenvalue weighted by atomic mass is 10.1. The topological polar surface area (TPSA) is 22.1 Å². The smallest absolute Gasteiger partial charge is 0.216 e. The third kappa shape index (κ3) is 1.97. The summed E-state index contributed by atoms with van der Waals surface area (Å²) < 4.78 is 78.5. The molecule has 0 spiro atoms. The van der Waals surface area contributed by atoms with Gasteiger partial charge < -0.3 is 4.74 Å². The minimum absolute atomic E-state index is 0.186. The predicted octanol–water partition coefficient (Wildman–Crippen LogP) is 2.98. The quantitative estimate of drug-likeness (QED) is 0.792. The van der Waals surface area contributed by atoms with E-state index in [4.69, 9.17) is 13.7 Å². The summed E-state index contributed by atoms with van der Waals surface area (Å²) in [6, 6.07) is 1.01. The number of rotatable bonds is 2. The van der Waals surface area contributed by atoms with Crippen molar-refractivity contribution in [3.05, 3.63) is 22.3 Å². The second kappa shape index (κ2) is 3.90. The van der Waals surface area contributed by atoms with Crippen molar-refractivity contribution < 1.29 is 18.4 Å². The van der Waals surface area contributed by atoms with Gasteiger partial charge in [0.25, 0.3) is 0 Å². The Morgan fingerprint density at radius 3 is 3.25 bits per heavy atom. The minimum Gasteiger partial charge on any atom is -0.481 e. The maximum atomic E-state index is 8.06.